The van der Waals surface area contributed by atoms with Gasteiger partial charge in [0.05, 0.1) is 6.54 Å². The average molecular weight is 270 g/mol. The summed E-state index contributed by atoms with van der Waals surface area (Å²) in [6.07, 6.45) is 3.42. The fourth-order valence-electron chi connectivity index (χ4n) is 2.80. The first-order chi connectivity index (χ1) is 9.61. The molecule has 3 rings (SSSR count). The van der Waals surface area contributed by atoms with Crippen LogP contribution in [0.15, 0.2) is 18.2 Å². The molecule has 1 heterocycles. The van der Waals surface area contributed by atoms with Crippen LogP contribution in [0.5, 0.6) is 0 Å². The summed E-state index contributed by atoms with van der Waals surface area (Å²) in [6, 6.07) is 7.03. The van der Waals surface area contributed by atoms with E-state index in [0.717, 1.165) is 28.6 Å². The number of carbonyl (C=O) groups is 1. The van der Waals surface area contributed by atoms with Gasteiger partial charge in [0.15, 0.2) is 5.78 Å². The van der Waals surface area contributed by atoms with Crippen LogP contribution in [0.4, 0.5) is 0 Å². The van der Waals surface area contributed by atoms with Gasteiger partial charge in [0.1, 0.15) is 0 Å². The molecule has 0 spiro atoms. The number of aryl methyl sites for hydroxylation is 2. The van der Waals surface area contributed by atoms with Crippen LogP contribution in [0.1, 0.15) is 41.4 Å². The third kappa shape index (κ3) is 2.27. The number of fused-ring (bicyclic) bond motifs is 1. The maximum absolute atomic E-state index is 12.5. The van der Waals surface area contributed by atoms with Crippen LogP contribution in [0.25, 0.3) is 10.9 Å². The molecule has 1 aliphatic rings. The van der Waals surface area contributed by atoms with E-state index in [-0.39, 0.29) is 5.78 Å². The van der Waals surface area contributed by atoms with Crippen LogP contribution < -0.4 is 5.32 Å². The highest BCUT2D eigenvalue weighted by Crippen LogP contribution is 2.27. The number of ketones is 1. The van der Waals surface area contributed by atoms with Gasteiger partial charge < -0.3 is 9.88 Å². The summed E-state index contributed by atoms with van der Waals surface area (Å²) in [4.78, 5) is 12.5. The van der Waals surface area contributed by atoms with E-state index in [4.69, 9.17) is 0 Å². The second kappa shape index (κ2) is 5.06. The van der Waals surface area contributed by atoms with Gasteiger partial charge in [-0.15, -0.1) is 0 Å². The third-order valence-electron chi connectivity index (χ3n) is 4.37. The van der Waals surface area contributed by atoms with Gasteiger partial charge in [0, 0.05) is 35.2 Å². The molecular weight excluding hydrogens is 248 g/mol. The van der Waals surface area contributed by atoms with Crippen molar-refractivity contribution < 1.29 is 4.79 Å². The van der Waals surface area contributed by atoms with E-state index < -0.39 is 0 Å². The lowest BCUT2D eigenvalue weighted by molar-refractivity contribution is 0.0991. The van der Waals surface area contributed by atoms with Crippen molar-refractivity contribution in [2.75, 3.05) is 6.54 Å². The molecule has 0 radical (unpaired) electrons. The van der Waals surface area contributed by atoms with E-state index in [9.17, 15) is 4.79 Å². The predicted octanol–water partition coefficient (Wildman–Crippen LogP) is 2.98. The number of hydrogen-bond acceptors (Lipinski definition) is 2. The Morgan fingerprint density at radius 1 is 1.40 bits per heavy atom. The van der Waals surface area contributed by atoms with Crippen molar-refractivity contribution in [1.29, 1.82) is 0 Å². The van der Waals surface area contributed by atoms with Gasteiger partial charge in [-0.2, -0.15) is 0 Å². The SMILES string of the molecule is CCc1ccc2c(c1)c(C(=O)CNC1CC1)c(C)n2C. The molecule has 1 aromatic carbocycles. The van der Waals surface area contributed by atoms with E-state index in [0.29, 0.717) is 12.6 Å². The molecule has 0 bridgehead atoms. The Bertz CT molecular complexity index is 665. The van der Waals surface area contributed by atoms with E-state index in [1.54, 1.807) is 0 Å². The molecule has 3 nitrogen and oxygen atoms in total. The maximum Gasteiger partial charge on any atom is 0.179 e. The Kier molecular flexibility index (Phi) is 3.38. The molecule has 2 aromatic rings. The minimum atomic E-state index is 0.216. The van der Waals surface area contributed by atoms with Gasteiger partial charge in [0.2, 0.25) is 0 Å². The number of benzene rings is 1. The zero-order valence-electron chi connectivity index (χ0n) is 12.5. The molecular formula is C17H22N2O. The van der Waals surface area contributed by atoms with Crippen molar-refractivity contribution in [3.8, 4) is 0 Å². The third-order valence-corrected chi connectivity index (χ3v) is 4.37. The summed E-state index contributed by atoms with van der Waals surface area (Å²) < 4.78 is 2.12. The highest BCUT2D eigenvalue weighted by molar-refractivity contribution is 6.10. The summed E-state index contributed by atoms with van der Waals surface area (Å²) in [5.74, 6) is 0.216. The van der Waals surface area contributed by atoms with Gasteiger partial charge in [-0.25, -0.2) is 0 Å². The Balaban J connectivity index is 2.02. The molecule has 0 unspecified atom stereocenters. The normalized spacial score (nSPS) is 14.9. The number of hydrogen-bond donors (Lipinski definition) is 1. The van der Waals surface area contributed by atoms with E-state index >= 15 is 0 Å². The second-order valence-electron chi connectivity index (χ2n) is 5.80. The molecule has 0 amide bonds. The van der Waals surface area contributed by atoms with Gasteiger partial charge in [0.25, 0.3) is 0 Å². The van der Waals surface area contributed by atoms with Crippen molar-refractivity contribution in [2.24, 2.45) is 7.05 Å². The average Bonchev–Trinajstić information content (AvgIpc) is 3.24. The molecule has 1 fully saturated rings. The van der Waals surface area contributed by atoms with Gasteiger partial charge in [-0.1, -0.05) is 13.0 Å². The van der Waals surface area contributed by atoms with Crippen LogP contribution in [-0.2, 0) is 13.5 Å². The highest BCUT2D eigenvalue weighted by atomic mass is 16.1. The largest absolute Gasteiger partial charge is 0.347 e. The van der Waals surface area contributed by atoms with Crippen LogP contribution in [0.3, 0.4) is 0 Å². The minimum absolute atomic E-state index is 0.216. The monoisotopic (exact) mass is 270 g/mol. The van der Waals surface area contributed by atoms with Crippen molar-refractivity contribution in [3.63, 3.8) is 0 Å². The first kappa shape index (κ1) is 13.4. The highest BCUT2D eigenvalue weighted by Gasteiger charge is 2.23. The quantitative estimate of drug-likeness (QED) is 0.848. The summed E-state index contributed by atoms with van der Waals surface area (Å²) in [5, 5.41) is 4.43. The lowest BCUT2D eigenvalue weighted by Gasteiger charge is -2.04. The molecule has 1 N–H and O–H groups in total. The number of carbonyl (C=O) groups excluding carboxylic acids is 1. The van der Waals surface area contributed by atoms with E-state index in [1.807, 2.05) is 14.0 Å². The number of nitrogens with one attached hydrogen (secondary N) is 1. The van der Waals surface area contributed by atoms with Crippen molar-refractivity contribution >= 4 is 16.7 Å². The second-order valence-corrected chi connectivity index (χ2v) is 5.80. The van der Waals surface area contributed by atoms with Crippen molar-refractivity contribution in [1.82, 2.24) is 9.88 Å². The number of rotatable bonds is 5. The zero-order valence-corrected chi connectivity index (χ0v) is 12.5. The summed E-state index contributed by atoms with van der Waals surface area (Å²) in [7, 11) is 2.04. The molecule has 3 heteroatoms. The van der Waals surface area contributed by atoms with E-state index in [2.05, 4.69) is 35.0 Å². The maximum atomic E-state index is 12.5. The van der Waals surface area contributed by atoms with Crippen molar-refractivity contribution in [2.45, 2.75) is 39.2 Å². The predicted molar refractivity (Wildman–Crippen MR) is 82.4 cm³/mol. The van der Waals surface area contributed by atoms with E-state index in [1.165, 1.54) is 18.4 Å². The van der Waals surface area contributed by atoms with Crippen LogP contribution in [0.2, 0.25) is 0 Å². The van der Waals surface area contributed by atoms with Gasteiger partial charge in [-0.3, -0.25) is 4.79 Å². The number of nitrogens with zero attached hydrogens (tertiary/aromatic N) is 1. The number of aromatic nitrogens is 1. The molecule has 0 saturated heterocycles. The zero-order chi connectivity index (χ0) is 14.3. The Labute approximate surface area is 120 Å². The standard InChI is InChI=1S/C17H22N2O/c1-4-12-5-8-15-14(9-12)17(11(2)19(15)3)16(20)10-18-13-6-7-13/h5,8-9,13,18H,4,6-7,10H2,1-3H3. The van der Waals surface area contributed by atoms with Crippen LogP contribution >= 0.6 is 0 Å². The number of Topliss-reactive ketones (excluding diaryl/α,β-unsaturated/α-hetero) is 1. The molecule has 1 aliphatic carbocycles. The lowest BCUT2D eigenvalue weighted by Crippen LogP contribution is -2.25. The van der Waals surface area contributed by atoms with Crippen LogP contribution in [0, 0.1) is 6.92 Å². The topological polar surface area (TPSA) is 34.0 Å². The van der Waals surface area contributed by atoms with Gasteiger partial charge >= 0.3 is 0 Å². The van der Waals surface area contributed by atoms with Gasteiger partial charge in [-0.05, 0) is 43.9 Å². The lowest BCUT2D eigenvalue weighted by atomic mass is 10.0. The molecule has 1 aromatic heterocycles. The molecule has 20 heavy (non-hydrogen) atoms. The summed E-state index contributed by atoms with van der Waals surface area (Å²) in [5.41, 5.74) is 4.39. The molecule has 106 valence electrons. The van der Waals surface area contributed by atoms with Crippen molar-refractivity contribution in [3.05, 3.63) is 35.0 Å². The Hall–Kier alpha value is -1.61. The first-order valence-electron chi connectivity index (χ1n) is 7.46. The first-order valence-corrected chi connectivity index (χ1v) is 7.46. The smallest absolute Gasteiger partial charge is 0.179 e. The fourth-order valence-corrected chi connectivity index (χ4v) is 2.80. The minimum Gasteiger partial charge on any atom is -0.347 e. The summed E-state index contributed by atoms with van der Waals surface area (Å²) >= 11 is 0. The molecule has 1 saturated carbocycles. The Morgan fingerprint density at radius 3 is 2.80 bits per heavy atom. The molecule has 0 aliphatic heterocycles. The van der Waals surface area contributed by atoms with Crippen LogP contribution in [-0.4, -0.2) is 22.9 Å². The Morgan fingerprint density at radius 2 is 2.15 bits per heavy atom. The summed E-state index contributed by atoms with van der Waals surface area (Å²) in [6.45, 7) is 4.64. The fraction of sp³-hybridized carbons (Fsp3) is 0.471. The molecule has 0 atom stereocenters.